The summed E-state index contributed by atoms with van der Waals surface area (Å²) in [6.07, 6.45) is 7.91. The molecular formula is C16H24O3. The summed E-state index contributed by atoms with van der Waals surface area (Å²) in [5.74, 6) is -0.682. The number of Topliss-reactive ketones (excluding diaryl/α,β-unsaturated/α-hetero) is 1. The van der Waals surface area contributed by atoms with Gasteiger partial charge in [0.1, 0.15) is 5.78 Å². The van der Waals surface area contributed by atoms with Gasteiger partial charge in [0.25, 0.3) is 0 Å². The summed E-state index contributed by atoms with van der Waals surface area (Å²) in [6.45, 7) is 9.83. The number of hydrogen-bond donors (Lipinski definition) is 1. The van der Waals surface area contributed by atoms with Gasteiger partial charge < -0.3 is 5.11 Å². The Kier molecular flexibility index (Phi) is 4.72. The lowest BCUT2D eigenvalue weighted by Gasteiger charge is -2.44. The van der Waals surface area contributed by atoms with Crippen LogP contribution in [0.2, 0.25) is 0 Å². The van der Waals surface area contributed by atoms with Gasteiger partial charge in [0.15, 0.2) is 0 Å². The van der Waals surface area contributed by atoms with Crippen molar-refractivity contribution in [1.29, 1.82) is 0 Å². The standard InChI is InChI=1S/C16H24O3/c1-5-12(8-6-9-13(17)18)16(4)11-7-10-15(2,3)14(16)19/h5-6,9,12H,1,7-8,10-11H2,2-4H3,(H,17,18)/b9-6+. The molecule has 0 saturated heterocycles. The Bertz CT molecular complexity index is 406. The fourth-order valence-electron chi connectivity index (χ4n) is 3.18. The summed E-state index contributed by atoms with van der Waals surface area (Å²) >= 11 is 0. The maximum atomic E-state index is 12.7. The van der Waals surface area contributed by atoms with Crippen LogP contribution in [0.25, 0.3) is 0 Å². The first-order valence-electron chi connectivity index (χ1n) is 6.81. The average molecular weight is 264 g/mol. The zero-order valence-corrected chi connectivity index (χ0v) is 12.1. The van der Waals surface area contributed by atoms with Gasteiger partial charge in [-0.25, -0.2) is 4.79 Å². The van der Waals surface area contributed by atoms with E-state index in [0.29, 0.717) is 6.42 Å². The van der Waals surface area contributed by atoms with Gasteiger partial charge in [-0.15, -0.1) is 6.58 Å². The van der Waals surface area contributed by atoms with Crippen LogP contribution in [-0.4, -0.2) is 16.9 Å². The second-order valence-corrected chi connectivity index (χ2v) is 6.30. The van der Waals surface area contributed by atoms with Crippen LogP contribution >= 0.6 is 0 Å². The van der Waals surface area contributed by atoms with Gasteiger partial charge >= 0.3 is 5.97 Å². The molecule has 2 unspecified atom stereocenters. The van der Waals surface area contributed by atoms with Gasteiger partial charge in [-0.3, -0.25) is 4.79 Å². The highest BCUT2D eigenvalue weighted by molar-refractivity contribution is 5.90. The Morgan fingerprint density at radius 3 is 2.58 bits per heavy atom. The Balaban J connectivity index is 2.92. The first kappa shape index (κ1) is 15.7. The molecule has 3 heteroatoms. The number of carbonyl (C=O) groups excluding carboxylic acids is 1. The van der Waals surface area contributed by atoms with E-state index in [-0.39, 0.29) is 17.1 Å². The van der Waals surface area contributed by atoms with Crippen molar-refractivity contribution in [1.82, 2.24) is 0 Å². The van der Waals surface area contributed by atoms with E-state index in [1.165, 1.54) is 0 Å². The van der Waals surface area contributed by atoms with Crippen molar-refractivity contribution in [2.75, 3.05) is 0 Å². The second kappa shape index (κ2) is 5.72. The maximum Gasteiger partial charge on any atom is 0.327 e. The summed E-state index contributed by atoms with van der Waals surface area (Å²) in [5.41, 5.74) is -0.711. The zero-order chi connectivity index (χ0) is 14.7. The van der Waals surface area contributed by atoms with Gasteiger partial charge in [0, 0.05) is 16.9 Å². The minimum absolute atomic E-state index is 0.00447. The SMILES string of the molecule is C=CC(C/C=C/C(=O)O)C1(C)CCCC(C)(C)C1=O. The van der Waals surface area contributed by atoms with E-state index in [4.69, 9.17) is 5.11 Å². The van der Waals surface area contributed by atoms with Gasteiger partial charge in [-0.1, -0.05) is 39.3 Å². The Hall–Kier alpha value is -1.38. The fraction of sp³-hybridized carbons (Fsp3) is 0.625. The first-order chi connectivity index (χ1) is 8.74. The third kappa shape index (κ3) is 3.34. The maximum absolute atomic E-state index is 12.7. The Morgan fingerprint density at radius 2 is 2.05 bits per heavy atom. The third-order valence-corrected chi connectivity index (χ3v) is 4.38. The number of aliphatic carboxylic acids is 1. The molecule has 1 saturated carbocycles. The van der Waals surface area contributed by atoms with Crippen LogP contribution in [0.1, 0.15) is 46.5 Å². The van der Waals surface area contributed by atoms with Crippen LogP contribution in [0.15, 0.2) is 24.8 Å². The van der Waals surface area contributed by atoms with E-state index < -0.39 is 11.4 Å². The van der Waals surface area contributed by atoms with E-state index in [9.17, 15) is 9.59 Å². The lowest BCUT2D eigenvalue weighted by atomic mass is 9.58. The van der Waals surface area contributed by atoms with Crippen molar-refractivity contribution in [3.63, 3.8) is 0 Å². The molecule has 0 radical (unpaired) electrons. The van der Waals surface area contributed by atoms with Crippen molar-refractivity contribution < 1.29 is 14.7 Å². The molecule has 0 aromatic rings. The second-order valence-electron chi connectivity index (χ2n) is 6.30. The van der Waals surface area contributed by atoms with E-state index in [1.54, 1.807) is 12.2 Å². The summed E-state index contributed by atoms with van der Waals surface area (Å²) in [5, 5.41) is 8.63. The van der Waals surface area contributed by atoms with E-state index >= 15 is 0 Å². The number of carboxylic acid groups (broad SMARTS) is 1. The van der Waals surface area contributed by atoms with Crippen LogP contribution in [0.5, 0.6) is 0 Å². The molecule has 0 heterocycles. The smallest absolute Gasteiger partial charge is 0.327 e. The molecule has 0 aliphatic heterocycles. The van der Waals surface area contributed by atoms with Crippen LogP contribution in [0, 0.1) is 16.7 Å². The number of ketones is 1. The topological polar surface area (TPSA) is 54.4 Å². The van der Waals surface area contributed by atoms with Gasteiger partial charge in [0.2, 0.25) is 0 Å². The predicted molar refractivity (Wildman–Crippen MR) is 75.8 cm³/mol. The third-order valence-electron chi connectivity index (χ3n) is 4.38. The minimum atomic E-state index is -0.955. The Morgan fingerprint density at radius 1 is 1.42 bits per heavy atom. The zero-order valence-electron chi connectivity index (χ0n) is 12.1. The monoisotopic (exact) mass is 264 g/mol. The molecule has 2 atom stereocenters. The molecule has 1 fully saturated rings. The highest BCUT2D eigenvalue weighted by atomic mass is 16.4. The molecule has 1 rings (SSSR count). The van der Waals surface area contributed by atoms with Gasteiger partial charge in [-0.2, -0.15) is 0 Å². The molecule has 3 nitrogen and oxygen atoms in total. The van der Waals surface area contributed by atoms with Crippen molar-refractivity contribution in [3.05, 3.63) is 24.8 Å². The van der Waals surface area contributed by atoms with Crippen LogP contribution in [0.4, 0.5) is 0 Å². The van der Waals surface area contributed by atoms with Gasteiger partial charge in [-0.05, 0) is 25.2 Å². The molecule has 0 aromatic carbocycles. The number of rotatable bonds is 5. The first-order valence-corrected chi connectivity index (χ1v) is 6.81. The lowest BCUT2D eigenvalue weighted by Crippen LogP contribution is -2.46. The van der Waals surface area contributed by atoms with E-state index in [0.717, 1.165) is 25.3 Å². The molecule has 19 heavy (non-hydrogen) atoms. The van der Waals surface area contributed by atoms with E-state index in [2.05, 4.69) is 6.58 Å². The van der Waals surface area contributed by atoms with Crippen molar-refractivity contribution in [3.8, 4) is 0 Å². The van der Waals surface area contributed by atoms with Crippen LogP contribution in [0.3, 0.4) is 0 Å². The molecule has 1 aliphatic rings. The summed E-state index contributed by atoms with van der Waals surface area (Å²) < 4.78 is 0. The van der Waals surface area contributed by atoms with Crippen LogP contribution < -0.4 is 0 Å². The largest absolute Gasteiger partial charge is 0.478 e. The van der Waals surface area contributed by atoms with Gasteiger partial charge in [0.05, 0.1) is 0 Å². The number of carboxylic acids is 1. The minimum Gasteiger partial charge on any atom is -0.478 e. The van der Waals surface area contributed by atoms with E-state index in [1.807, 2.05) is 20.8 Å². The average Bonchev–Trinajstić information content (AvgIpc) is 2.31. The normalized spacial score (nSPS) is 28.3. The quantitative estimate of drug-likeness (QED) is 0.609. The molecule has 0 aromatic heterocycles. The molecule has 106 valence electrons. The molecule has 1 aliphatic carbocycles. The number of allylic oxidation sites excluding steroid dienone is 2. The Labute approximate surface area is 115 Å². The molecular weight excluding hydrogens is 240 g/mol. The molecule has 0 spiro atoms. The number of carbonyl (C=O) groups is 2. The predicted octanol–water partition coefficient (Wildman–Crippen LogP) is 3.61. The molecule has 0 bridgehead atoms. The summed E-state index contributed by atoms with van der Waals surface area (Å²) in [7, 11) is 0. The van der Waals surface area contributed by atoms with Crippen molar-refractivity contribution >= 4 is 11.8 Å². The molecule has 0 amide bonds. The van der Waals surface area contributed by atoms with Crippen LogP contribution in [-0.2, 0) is 9.59 Å². The summed E-state index contributed by atoms with van der Waals surface area (Å²) in [6, 6.07) is 0. The highest BCUT2D eigenvalue weighted by Gasteiger charge is 2.48. The van der Waals surface area contributed by atoms with Crippen molar-refractivity contribution in [2.24, 2.45) is 16.7 Å². The highest BCUT2D eigenvalue weighted by Crippen LogP contribution is 2.48. The summed E-state index contributed by atoms with van der Waals surface area (Å²) in [4.78, 5) is 23.2. The lowest BCUT2D eigenvalue weighted by molar-refractivity contribution is -0.143. The molecule has 1 N–H and O–H groups in total. The number of hydrogen-bond acceptors (Lipinski definition) is 2. The fourth-order valence-corrected chi connectivity index (χ4v) is 3.18. The van der Waals surface area contributed by atoms with Crippen molar-refractivity contribution in [2.45, 2.75) is 46.5 Å².